The number of amides is 2. The highest BCUT2D eigenvalue weighted by Crippen LogP contribution is 2.24. The van der Waals surface area contributed by atoms with Crippen LogP contribution in [0.25, 0.3) is 0 Å². The van der Waals surface area contributed by atoms with Gasteiger partial charge in [0.2, 0.25) is 0 Å². The zero-order valence-electron chi connectivity index (χ0n) is 12.2. The van der Waals surface area contributed by atoms with E-state index >= 15 is 0 Å². The Bertz CT molecular complexity index is 425. The fraction of sp³-hybridized carbons (Fsp3) is 0.533. The second-order valence-electron chi connectivity index (χ2n) is 6.66. The summed E-state index contributed by atoms with van der Waals surface area (Å²) in [6.07, 6.45) is 0. The van der Waals surface area contributed by atoms with Gasteiger partial charge in [0.25, 0.3) is 0 Å². The number of carbonyl (C=O) groups excluding carboxylic acids is 1. The van der Waals surface area contributed by atoms with Gasteiger partial charge >= 0.3 is 6.03 Å². The van der Waals surface area contributed by atoms with Crippen LogP contribution in [0.4, 0.5) is 10.5 Å². The first-order chi connectivity index (χ1) is 8.08. The van der Waals surface area contributed by atoms with Crippen molar-refractivity contribution in [3.8, 4) is 0 Å². The van der Waals surface area contributed by atoms with Crippen LogP contribution in [-0.4, -0.2) is 11.6 Å². The Kier molecular flexibility index (Phi) is 4.05. The molecule has 0 aliphatic rings. The SMILES string of the molecule is CC(C)(C)NC(=O)Nc1cccc(C(C)(C)C)c1. The molecule has 3 nitrogen and oxygen atoms in total. The van der Waals surface area contributed by atoms with E-state index in [4.69, 9.17) is 0 Å². The number of urea groups is 1. The lowest BCUT2D eigenvalue weighted by Gasteiger charge is -2.22. The molecule has 2 N–H and O–H groups in total. The molecule has 0 aliphatic carbocycles. The Balaban J connectivity index is 2.77. The standard InChI is InChI=1S/C15H24N2O/c1-14(2,3)11-8-7-9-12(10-11)16-13(18)17-15(4,5)6/h7-10H,1-6H3,(H2,16,17,18). The van der Waals surface area contributed by atoms with Gasteiger partial charge in [-0.15, -0.1) is 0 Å². The summed E-state index contributed by atoms with van der Waals surface area (Å²) >= 11 is 0. The number of rotatable bonds is 1. The van der Waals surface area contributed by atoms with Crippen molar-refractivity contribution in [1.82, 2.24) is 5.32 Å². The summed E-state index contributed by atoms with van der Waals surface area (Å²) in [4.78, 5) is 11.8. The van der Waals surface area contributed by atoms with Gasteiger partial charge < -0.3 is 10.6 Å². The Morgan fingerprint density at radius 1 is 1.06 bits per heavy atom. The first kappa shape index (κ1) is 14.6. The van der Waals surface area contributed by atoms with E-state index in [9.17, 15) is 4.79 Å². The smallest absolute Gasteiger partial charge is 0.319 e. The second kappa shape index (κ2) is 5.01. The van der Waals surface area contributed by atoms with Gasteiger partial charge in [-0.25, -0.2) is 4.79 Å². The minimum Gasteiger partial charge on any atom is -0.333 e. The van der Waals surface area contributed by atoms with Crippen LogP contribution in [0.3, 0.4) is 0 Å². The molecule has 0 saturated heterocycles. The summed E-state index contributed by atoms with van der Waals surface area (Å²) in [6, 6.07) is 7.79. The monoisotopic (exact) mass is 248 g/mol. The van der Waals surface area contributed by atoms with Crippen LogP contribution in [0.2, 0.25) is 0 Å². The molecular weight excluding hydrogens is 224 g/mol. The van der Waals surface area contributed by atoms with Gasteiger partial charge in [0.15, 0.2) is 0 Å². The third-order valence-corrected chi connectivity index (χ3v) is 2.47. The minimum atomic E-state index is -0.230. The first-order valence-corrected chi connectivity index (χ1v) is 6.28. The predicted molar refractivity (Wildman–Crippen MR) is 77.0 cm³/mol. The Morgan fingerprint density at radius 2 is 1.67 bits per heavy atom. The van der Waals surface area contributed by atoms with Gasteiger partial charge in [0, 0.05) is 11.2 Å². The van der Waals surface area contributed by atoms with Gasteiger partial charge in [-0.2, -0.15) is 0 Å². The summed E-state index contributed by atoms with van der Waals surface area (Å²) in [5.41, 5.74) is 1.88. The van der Waals surface area contributed by atoms with E-state index in [2.05, 4.69) is 37.5 Å². The van der Waals surface area contributed by atoms with Gasteiger partial charge in [-0.3, -0.25) is 0 Å². The van der Waals surface area contributed by atoms with Crippen molar-refractivity contribution < 1.29 is 4.79 Å². The lowest BCUT2D eigenvalue weighted by Crippen LogP contribution is -2.43. The topological polar surface area (TPSA) is 41.1 Å². The molecule has 0 heterocycles. The first-order valence-electron chi connectivity index (χ1n) is 6.28. The number of benzene rings is 1. The van der Waals surface area contributed by atoms with Crippen molar-refractivity contribution in [3.63, 3.8) is 0 Å². The van der Waals surface area contributed by atoms with Gasteiger partial charge in [0.1, 0.15) is 0 Å². The van der Waals surface area contributed by atoms with Crippen LogP contribution in [0.1, 0.15) is 47.1 Å². The molecule has 0 radical (unpaired) electrons. The Hall–Kier alpha value is -1.51. The van der Waals surface area contributed by atoms with Crippen LogP contribution in [-0.2, 0) is 5.41 Å². The van der Waals surface area contributed by atoms with E-state index in [-0.39, 0.29) is 17.0 Å². The van der Waals surface area contributed by atoms with Crippen LogP contribution in [0.15, 0.2) is 24.3 Å². The minimum absolute atomic E-state index is 0.0815. The van der Waals surface area contributed by atoms with E-state index < -0.39 is 0 Å². The highest BCUT2D eigenvalue weighted by atomic mass is 16.2. The number of carbonyl (C=O) groups is 1. The molecule has 18 heavy (non-hydrogen) atoms. The summed E-state index contributed by atoms with van der Waals surface area (Å²) < 4.78 is 0. The van der Waals surface area contributed by atoms with Crippen molar-refractivity contribution in [2.75, 3.05) is 5.32 Å². The molecule has 1 aromatic carbocycles. The van der Waals surface area contributed by atoms with E-state index in [0.29, 0.717) is 0 Å². The molecule has 0 atom stereocenters. The summed E-state index contributed by atoms with van der Waals surface area (Å²) in [6.45, 7) is 12.3. The molecule has 0 bridgehead atoms. The van der Waals surface area contributed by atoms with Crippen LogP contribution in [0.5, 0.6) is 0 Å². The molecule has 3 heteroatoms. The molecule has 0 aliphatic heterocycles. The quantitative estimate of drug-likeness (QED) is 0.777. The number of anilines is 1. The average molecular weight is 248 g/mol. The third kappa shape index (κ3) is 4.78. The second-order valence-corrected chi connectivity index (χ2v) is 6.66. The van der Waals surface area contributed by atoms with Crippen molar-refractivity contribution in [1.29, 1.82) is 0 Å². The van der Waals surface area contributed by atoms with Crippen LogP contribution < -0.4 is 10.6 Å². The molecule has 0 fully saturated rings. The average Bonchev–Trinajstić information content (AvgIpc) is 2.13. The highest BCUT2D eigenvalue weighted by molar-refractivity contribution is 5.89. The zero-order chi connectivity index (χ0) is 14.0. The maximum Gasteiger partial charge on any atom is 0.319 e. The van der Waals surface area contributed by atoms with E-state index in [0.717, 1.165) is 5.69 Å². The van der Waals surface area contributed by atoms with Crippen molar-refractivity contribution in [2.24, 2.45) is 0 Å². The van der Waals surface area contributed by atoms with Crippen LogP contribution >= 0.6 is 0 Å². The number of hydrogen-bond donors (Lipinski definition) is 2. The molecule has 0 saturated carbocycles. The summed E-state index contributed by atoms with van der Waals surface area (Å²) in [7, 11) is 0. The molecule has 0 aromatic heterocycles. The summed E-state index contributed by atoms with van der Waals surface area (Å²) in [5, 5.41) is 5.74. The predicted octanol–water partition coefficient (Wildman–Crippen LogP) is 3.90. The van der Waals surface area contributed by atoms with E-state index in [1.54, 1.807) is 0 Å². The summed E-state index contributed by atoms with van der Waals surface area (Å²) in [5.74, 6) is 0. The fourth-order valence-electron chi connectivity index (χ4n) is 1.57. The van der Waals surface area contributed by atoms with Crippen LogP contribution in [0, 0.1) is 0 Å². The Labute approximate surface area is 110 Å². The van der Waals surface area contributed by atoms with Crippen molar-refractivity contribution >= 4 is 11.7 Å². The Morgan fingerprint density at radius 3 is 2.17 bits per heavy atom. The van der Waals surface area contributed by atoms with Gasteiger partial charge in [-0.05, 0) is 43.9 Å². The van der Waals surface area contributed by atoms with Crippen molar-refractivity contribution in [2.45, 2.75) is 52.5 Å². The maximum absolute atomic E-state index is 11.8. The lowest BCUT2D eigenvalue weighted by molar-refractivity contribution is 0.244. The lowest BCUT2D eigenvalue weighted by atomic mass is 9.87. The van der Waals surface area contributed by atoms with Crippen molar-refractivity contribution in [3.05, 3.63) is 29.8 Å². The molecule has 1 rings (SSSR count). The molecular formula is C15H24N2O. The molecule has 1 aromatic rings. The third-order valence-electron chi connectivity index (χ3n) is 2.47. The fourth-order valence-corrected chi connectivity index (χ4v) is 1.57. The zero-order valence-corrected chi connectivity index (χ0v) is 12.2. The van der Waals surface area contributed by atoms with Gasteiger partial charge in [0.05, 0.1) is 0 Å². The largest absolute Gasteiger partial charge is 0.333 e. The van der Waals surface area contributed by atoms with E-state index in [1.807, 2.05) is 39.0 Å². The number of nitrogens with one attached hydrogen (secondary N) is 2. The highest BCUT2D eigenvalue weighted by Gasteiger charge is 2.16. The number of hydrogen-bond acceptors (Lipinski definition) is 1. The molecule has 100 valence electrons. The molecule has 0 spiro atoms. The van der Waals surface area contributed by atoms with E-state index in [1.165, 1.54) is 5.56 Å². The molecule has 2 amide bonds. The normalized spacial score (nSPS) is 12.1. The molecule has 0 unspecified atom stereocenters. The van der Waals surface area contributed by atoms with Gasteiger partial charge in [-0.1, -0.05) is 32.9 Å². The maximum atomic E-state index is 11.8.